The summed E-state index contributed by atoms with van der Waals surface area (Å²) in [5, 5.41) is 0. The lowest BCUT2D eigenvalue weighted by molar-refractivity contribution is 0.0404. The highest BCUT2D eigenvalue weighted by Gasteiger charge is 2.55. The van der Waals surface area contributed by atoms with Gasteiger partial charge >= 0.3 is 0 Å². The fraction of sp³-hybridized carbons (Fsp3) is 0.750. The zero-order chi connectivity index (χ0) is 7.61. The predicted octanol–water partition coefficient (Wildman–Crippen LogP) is 0.814. The van der Waals surface area contributed by atoms with Gasteiger partial charge in [-0.3, -0.25) is 0 Å². The van der Waals surface area contributed by atoms with Gasteiger partial charge in [-0.15, -0.1) is 6.42 Å². The highest BCUT2D eigenvalue weighted by atomic mass is 16.6. The molecule has 0 aromatic carbocycles. The highest BCUT2D eigenvalue weighted by Crippen LogP contribution is 2.41. The summed E-state index contributed by atoms with van der Waals surface area (Å²) in [7, 11) is 1.62. The molecule has 1 aliphatic rings. The van der Waals surface area contributed by atoms with Crippen LogP contribution in [-0.4, -0.2) is 25.4 Å². The normalized spacial score (nSPS) is 37.1. The maximum atomic E-state index is 5.28. The van der Waals surface area contributed by atoms with Crippen molar-refractivity contribution < 1.29 is 9.47 Å². The summed E-state index contributed by atoms with van der Waals surface area (Å²) < 4.78 is 10.4. The molecule has 2 nitrogen and oxygen atoms in total. The summed E-state index contributed by atoms with van der Waals surface area (Å²) in [5.74, 6) is 2.59. The van der Waals surface area contributed by atoms with Crippen LogP contribution in [0.5, 0.6) is 0 Å². The predicted molar refractivity (Wildman–Crippen MR) is 38.6 cm³/mol. The fourth-order valence-electron chi connectivity index (χ4n) is 1.04. The first-order valence-corrected chi connectivity index (χ1v) is 3.43. The van der Waals surface area contributed by atoms with Crippen molar-refractivity contribution in [3.05, 3.63) is 0 Å². The zero-order valence-electron chi connectivity index (χ0n) is 6.39. The fourth-order valence-corrected chi connectivity index (χ4v) is 1.04. The minimum absolute atomic E-state index is 0.132. The van der Waals surface area contributed by atoms with E-state index < -0.39 is 5.60 Å². The molecule has 0 bridgehead atoms. The second-order valence-electron chi connectivity index (χ2n) is 2.39. The van der Waals surface area contributed by atoms with Crippen LogP contribution in [0.3, 0.4) is 0 Å². The van der Waals surface area contributed by atoms with Crippen LogP contribution in [0.1, 0.15) is 13.3 Å². The Morgan fingerprint density at radius 2 is 2.50 bits per heavy atom. The zero-order valence-corrected chi connectivity index (χ0v) is 6.39. The van der Waals surface area contributed by atoms with Crippen LogP contribution in [0.4, 0.5) is 0 Å². The van der Waals surface area contributed by atoms with Crippen molar-refractivity contribution in [2.75, 3.05) is 13.7 Å². The summed E-state index contributed by atoms with van der Waals surface area (Å²) in [4.78, 5) is 0. The van der Waals surface area contributed by atoms with Crippen LogP contribution in [0.2, 0.25) is 0 Å². The summed E-state index contributed by atoms with van der Waals surface area (Å²) in [5.41, 5.74) is -0.393. The van der Waals surface area contributed by atoms with Gasteiger partial charge in [0.1, 0.15) is 6.10 Å². The Bertz CT molecular complexity index is 159. The summed E-state index contributed by atoms with van der Waals surface area (Å²) >= 11 is 0. The van der Waals surface area contributed by atoms with Gasteiger partial charge in [0.2, 0.25) is 0 Å². The Balaban J connectivity index is 2.39. The lowest BCUT2D eigenvalue weighted by Crippen LogP contribution is -2.16. The number of terminal acetylenes is 1. The minimum atomic E-state index is -0.393. The average Bonchev–Trinajstić information content (AvgIpc) is 2.65. The van der Waals surface area contributed by atoms with Gasteiger partial charge in [-0.2, -0.15) is 0 Å². The Morgan fingerprint density at radius 3 is 2.80 bits per heavy atom. The van der Waals surface area contributed by atoms with Crippen LogP contribution in [-0.2, 0) is 9.47 Å². The summed E-state index contributed by atoms with van der Waals surface area (Å²) in [6.45, 7) is 2.66. The molecule has 1 fully saturated rings. The second-order valence-corrected chi connectivity index (χ2v) is 2.39. The molecule has 1 saturated carbocycles. The third kappa shape index (κ3) is 1.03. The van der Waals surface area contributed by atoms with Gasteiger partial charge in [-0.1, -0.05) is 5.92 Å². The van der Waals surface area contributed by atoms with Crippen LogP contribution in [0.15, 0.2) is 0 Å². The third-order valence-corrected chi connectivity index (χ3v) is 1.83. The average molecular weight is 140 g/mol. The monoisotopic (exact) mass is 140 g/mol. The smallest absolute Gasteiger partial charge is 0.156 e. The third-order valence-electron chi connectivity index (χ3n) is 1.83. The van der Waals surface area contributed by atoms with Gasteiger partial charge in [0.15, 0.2) is 5.60 Å². The molecule has 0 spiro atoms. The van der Waals surface area contributed by atoms with Gasteiger partial charge in [-0.25, -0.2) is 0 Å². The van der Waals surface area contributed by atoms with Crippen molar-refractivity contribution in [3.63, 3.8) is 0 Å². The number of hydrogen-bond acceptors (Lipinski definition) is 2. The van der Waals surface area contributed by atoms with Crippen molar-refractivity contribution in [2.45, 2.75) is 25.0 Å². The molecule has 0 radical (unpaired) electrons. The van der Waals surface area contributed by atoms with Crippen molar-refractivity contribution in [3.8, 4) is 12.3 Å². The second kappa shape index (κ2) is 2.61. The first-order valence-electron chi connectivity index (χ1n) is 3.43. The van der Waals surface area contributed by atoms with E-state index in [1.165, 1.54) is 0 Å². The first-order chi connectivity index (χ1) is 4.79. The van der Waals surface area contributed by atoms with Crippen molar-refractivity contribution in [2.24, 2.45) is 0 Å². The molecular formula is C8H12O2. The largest absolute Gasteiger partial charge is 0.374 e. The molecule has 1 rings (SSSR count). The molecule has 0 amide bonds. The van der Waals surface area contributed by atoms with Gasteiger partial charge in [0.25, 0.3) is 0 Å². The lowest BCUT2D eigenvalue weighted by Gasteiger charge is -2.06. The Hall–Kier alpha value is -0.520. The molecule has 2 atom stereocenters. The van der Waals surface area contributed by atoms with Gasteiger partial charge in [0.05, 0.1) is 0 Å². The van der Waals surface area contributed by atoms with E-state index in [0.29, 0.717) is 6.61 Å². The highest BCUT2D eigenvalue weighted by molar-refractivity contribution is 5.25. The van der Waals surface area contributed by atoms with E-state index in [1.807, 2.05) is 6.92 Å². The summed E-state index contributed by atoms with van der Waals surface area (Å²) in [6, 6.07) is 0. The summed E-state index contributed by atoms with van der Waals surface area (Å²) in [6.07, 6.45) is 6.22. The number of hydrogen-bond donors (Lipinski definition) is 0. The molecule has 10 heavy (non-hydrogen) atoms. The van der Waals surface area contributed by atoms with Gasteiger partial charge in [0, 0.05) is 20.1 Å². The van der Waals surface area contributed by atoms with E-state index in [2.05, 4.69) is 5.92 Å². The topological polar surface area (TPSA) is 18.5 Å². The number of ether oxygens (including phenoxy) is 2. The molecule has 0 N–H and O–H groups in total. The van der Waals surface area contributed by atoms with E-state index in [1.54, 1.807) is 7.11 Å². The Kier molecular flexibility index (Phi) is 1.98. The van der Waals surface area contributed by atoms with Gasteiger partial charge in [-0.05, 0) is 6.92 Å². The van der Waals surface area contributed by atoms with Gasteiger partial charge < -0.3 is 9.47 Å². The molecule has 0 heterocycles. The van der Waals surface area contributed by atoms with E-state index in [4.69, 9.17) is 15.9 Å². The Morgan fingerprint density at radius 1 is 1.80 bits per heavy atom. The van der Waals surface area contributed by atoms with E-state index in [-0.39, 0.29) is 6.10 Å². The lowest BCUT2D eigenvalue weighted by atomic mass is 10.3. The van der Waals surface area contributed by atoms with Crippen molar-refractivity contribution in [1.82, 2.24) is 0 Å². The molecule has 1 aliphatic carbocycles. The standard InChI is InChI=1S/C8H12O2/c1-4-8(9-3)6-7(8)10-5-2/h1,7H,5-6H2,2-3H3/t7-,8-/m1/s1. The number of methoxy groups -OCH3 is 1. The molecule has 0 unspecified atom stereocenters. The first kappa shape index (κ1) is 7.59. The molecule has 56 valence electrons. The molecule has 0 aromatic rings. The van der Waals surface area contributed by atoms with Crippen molar-refractivity contribution in [1.29, 1.82) is 0 Å². The number of rotatable bonds is 3. The Labute approximate surface area is 61.5 Å². The molecular weight excluding hydrogens is 128 g/mol. The van der Waals surface area contributed by atoms with E-state index >= 15 is 0 Å². The molecule has 0 aromatic heterocycles. The van der Waals surface area contributed by atoms with E-state index in [0.717, 1.165) is 6.42 Å². The van der Waals surface area contributed by atoms with Crippen LogP contribution < -0.4 is 0 Å². The maximum Gasteiger partial charge on any atom is 0.156 e. The molecule has 0 aliphatic heterocycles. The minimum Gasteiger partial charge on any atom is -0.374 e. The van der Waals surface area contributed by atoms with E-state index in [9.17, 15) is 0 Å². The molecule has 2 heteroatoms. The maximum absolute atomic E-state index is 5.28. The molecule has 0 saturated heterocycles. The van der Waals surface area contributed by atoms with Crippen molar-refractivity contribution >= 4 is 0 Å². The SMILES string of the molecule is C#C[C@@]1(OC)C[C@H]1OCC. The van der Waals surface area contributed by atoms with Crippen LogP contribution in [0, 0.1) is 12.3 Å². The van der Waals surface area contributed by atoms with Crippen LogP contribution in [0.25, 0.3) is 0 Å². The van der Waals surface area contributed by atoms with Crippen LogP contribution >= 0.6 is 0 Å². The quantitative estimate of drug-likeness (QED) is 0.540.